The average Bonchev–Trinajstić information content (AvgIpc) is 2.98. The van der Waals surface area contributed by atoms with Gasteiger partial charge in [-0.25, -0.2) is 0 Å². The van der Waals surface area contributed by atoms with Crippen LogP contribution in [-0.2, 0) is 12.8 Å². The van der Waals surface area contributed by atoms with E-state index in [4.69, 9.17) is 14.5 Å². The van der Waals surface area contributed by atoms with Crippen LogP contribution < -0.4 is 14.8 Å². The van der Waals surface area contributed by atoms with Crippen LogP contribution in [0.2, 0.25) is 0 Å². The summed E-state index contributed by atoms with van der Waals surface area (Å²) in [6.07, 6.45) is 8.34. The van der Waals surface area contributed by atoms with E-state index in [0.29, 0.717) is 6.04 Å². The third kappa shape index (κ3) is 3.77. The SMILES string of the molecule is CCN1CCC(Nc2c3c(nc4cc(OC)c(OC)cc24)CCCCC3)CC1. The molecule has 5 heteroatoms. The van der Waals surface area contributed by atoms with Crippen molar-refractivity contribution in [1.29, 1.82) is 0 Å². The number of aromatic nitrogens is 1. The minimum Gasteiger partial charge on any atom is -0.493 e. The molecule has 0 unspecified atom stereocenters. The molecule has 4 rings (SSSR count). The summed E-state index contributed by atoms with van der Waals surface area (Å²) in [5.41, 5.74) is 4.99. The Hall–Kier alpha value is -2.01. The fraction of sp³-hybridized carbons (Fsp3) is 0.609. The number of hydrogen-bond acceptors (Lipinski definition) is 5. The van der Waals surface area contributed by atoms with Crippen LogP contribution in [0.4, 0.5) is 5.69 Å². The highest BCUT2D eigenvalue weighted by atomic mass is 16.5. The number of hydrogen-bond donors (Lipinski definition) is 1. The summed E-state index contributed by atoms with van der Waals surface area (Å²) in [6.45, 7) is 5.76. The Balaban J connectivity index is 1.78. The highest BCUT2D eigenvalue weighted by Crippen LogP contribution is 2.39. The first kappa shape index (κ1) is 19.3. The molecule has 0 radical (unpaired) electrons. The second-order valence-corrected chi connectivity index (χ2v) is 8.05. The zero-order chi connectivity index (χ0) is 19.5. The summed E-state index contributed by atoms with van der Waals surface area (Å²) < 4.78 is 11.1. The highest BCUT2D eigenvalue weighted by Gasteiger charge is 2.23. The molecule has 1 fully saturated rings. The van der Waals surface area contributed by atoms with Crippen molar-refractivity contribution in [1.82, 2.24) is 9.88 Å². The number of pyridine rings is 1. The molecule has 2 heterocycles. The largest absolute Gasteiger partial charge is 0.493 e. The summed E-state index contributed by atoms with van der Waals surface area (Å²) in [5, 5.41) is 5.11. The van der Waals surface area contributed by atoms with Crippen molar-refractivity contribution in [3.63, 3.8) is 0 Å². The van der Waals surface area contributed by atoms with Gasteiger partial charge in [0.05, 0.1) is 19.7 Å². The minimum atomic E-state index is 0.522. The lowest BCUT2D eigenvalue weighted by Gasteiger charge is -2.33. The van der Waals surface area contributed by atoms with Crippen molar-refractivity contribution < 1.29 is 9.47 Å². The van der Waals surface area contributed by atoms with Crippen molar-refractivity contribution >= 4 is 16.6 Å². The minimum absolute atomic E-state index is 0.522. The molecule has 5 nitrogen and oxygen atoms in total. The predicted octanol–water partition coefficient (Wildman–Crippen LogP) is 4.42. The van der Waals surface area contributed by atoms with Crippen molar-refractivity contribution in [2.45, 2.75) is 57.9 Å². The smallest absolute Gasteiger partial charge is 0.162 e. The zero-order valence-electron chi connectivity index (χ0n) is 17.5. The van der Waals surface area contributed by atoms with Crippen LogP contribution in [0.5, 0.6) is 11.5 Å². The van der Waals surface area contributed by atoms with E-state index in [1.54, 1.807) is 14.2 Å². The number of nitrogens with zero attached hydrogens (tertiary/aromatic N) is 2. The fourth-order valence-electron chi connectivity index (χ4n) is 4.69. The first-order chi connectivity index (χ1) is 13.7. The maximum Gasteiger partial charge on any atom is 0.162 e. The van der Waals surface area contributed by atoms with E-state index in [9.17, 15) is 0 Å². The molecule has 0 amide bonds. The van der Waals surface area contributed by atoms with E-state index in [1.807, 2.05) is 6.07 Å². The highest BCUT2D eigenvalue weighted by molar-refractivity contribution is 5.96. The van der Waals surface area contributed by atoms with E-state index in [1.165, 1.54) is 62.1 Å². The standard InChI is InChI=1S/C23H33N3O2/c1-4-26-12-10-16(11-13-26)24-23-17-8-6-5-7-9-19(17)25-20-15-22(28-3)21(27-2)14-18(20)23/h14-16H,4-13H2,1-3H3,(H,24,25). The van der Waals surface area contributed by atoms with Gasteiger partial charge in [0.2, 0.25) is 0 Å². The molecular formula is C23H33N3O2. The Bertz CT molecular complexity index is 828. The van der Waals surface area contributed by atoms with Gasteiger partial charge in [-0.05, 0) is 56.7 Å². The van der Waals surface area contributed by atoms with Crippen LogP contribution >= 0.6 is 0 Å². The number of likely N-dealkylation sites (tertiary alicyclic amines) is 1. The van der Waals surface area contributed by atoms with E-state index in [0.717, 1.165) is 41.8 Å². The van der Waals surface area contributed by atoms with Gasteiger partial charge in [-0.1, -0.05) is 13.3 Å². The molecular weight excluding hydrogens is 350 g/mol. The Morgan fingerprint density at radius 2 is 1.75 bits per heavy atom. The molecule has 0 bridgehead atoms. The van der Waals surface area contributed by atoms with Crippen LogP contribution in [0, 0.1) is 0 Å². The molecule has 2 aromatic rings. The monoisotopic (exact) mass is 383 g/mol. The maximum absolute atomic E-state index is 5.60. The van der Waals surface area contributed by atoms with Gasteiger partial charge in [0.15, 0.2) is 11.5 Å². The Morgan fingerprint density at radius 1 is 1.04 bits per heavy atom. The van der Waals surface area contributed by atoms with Gasteiger partial charge in [0.25, 0.3) is 0 Å². The molecule has 152 valence electrons. The third-order valence-corrected chi connectivity index (χ3v) is 6.40. The van der Waals surface area contributed by atoms with E-state index < -0.39 is 0 Å². The Morgan fingerprint density at radius 3 is 2.46 bits per heavy atom. The molecule has 1 aliphatic carbocycles. The summed E-state index contributed by atoms with van der Waals surface area (Å²) >= 11 is 0. The Labute approximate surface area is 168 Å². The number of nitrogens with one attached hydrogen (secondary N) is 1. The van der Waals surface area contributed by atoms with Gasteiger partial charge < -0.3 is 19.7 Å². The average molecular weight is 384 g/mol. The van der Waals surface area contributed by atoms with Crippen molar-refractivity contribution in [3.8, 4) is 11.5 Å². The maximum atomic E-state index is 5.60. The number of piperidine rings is 1. The number of methoxy groups -OCH3 is 2. The van der Waals surface area contributed by atoms with Crippen LogP contribution in [0.3, 0.4) is 0 Å². The van der Waals surface area contributed by atoms with Crippen molar-refractivity contribution in [2.75, 3.05) is 39.2 Å². The van der Waals surface area contributed by atoms with Gasteiger partial charge >= 0.3 is 0 Å². The zero-order valence-corrected chi connectivity index (χ0v) is 17.5. The summed E-state index contributed by atoms with van der Waals surface area (Å²) in [7, 11) is 3.39. The predicted molar refractivity (Wildman–Crippen MR) is 115 cm³/mol. The first-order valence-corrected chi connectivity index (χ1v) is 10.8. The number of aryl methyl sites for hydroxylation is 1. The molecule has 28 heavy (non-hydrogen) atoms. The van der Waals surface area contributed by atoms with Gasteiger partial charge in [-0.3, -0.25) is 4.98 Å². The molecule has 0 saturated carbocycles. The lowest BCUT2D eigenvalue weighted by Crippen LogP contribution is -2.39. The first-order valence-electron chi connectivity index (χ1n) is 10.8. The number of anilines is 1. The summed E-state index contributed by atoms with van der Waals surface area (Å²) in [4.78, 5) is 7.59. The van der Waals surface area contributed by atoms with Gasteiger partial charge in [0, 0.05) is 42.0 Å². The van der Waals surface area contributed by atoms with Crippen LogP contribution in [0.15, 0.2) is 12.1 Å². The number of rotatable bonds is 5. The van der Waals surface area contributed by atoms with E-state index in [2.05, 4.69) is 23.2 Å². The van der Waals surface area contributed by atoms with Crippen LogP contribution in [0.25, 0.3) is 10.9 Å². The number of ether oxygens (including phenoxy) is 2. The quantitative estimate of drug-likeness (QED) is 0.775. The van der Waals surface area contributed by atoms with Gasteiger partial charge in [-0.15, -0.1) is 0 Å². The van der Waals surface area contributed by atoms with Crippen molar-refractivity contribution in [3.05, 3.63) is 23.4 Å². The number of fused-ring (bicyclic) bond motifs is 2. The lowest BCUT2D eigenvalue weighted by molar-refractivity contribution is 0.229. The second kappa shape index (κ2) is 8.56. The van der Waals surface area contributed by atoms with Crippen LogP contribution in [-0.4, -0.2) is 49.8 Å². The molecule has 1 saturated heterocycles. The molecule has 1 N–H and O–H groups in total. The van der Waals surface area contributed by atoms with Gasteiger partial charge in [-0.2, -0.15) is 0 Å². The van der Waals surface area contributed by atoms with Crippen molar-refractivity contribution in [2.24, 2.45) is 0 Å². The molecule has 0 atom stereocenters. The molecule has 1 aliphatic heterocycles. The summed E-state index contributed by atoms with van der Waals surface area (Å²) in [6, 6.07) is 4.66. The number of benzene rings is 1. The fourth-order valence-corrected chi connectivity index (χ4v) is 4.69. The van der Waals surface area contributed by atoms with Gasteiger partial charge in [0.1, 0.15) is 0 Å². The Kier molecular flexibility index (Phi) is 5.90. The molecule has 1 aromatic carbocycles. The van der Waals surface area contributed by atoms with E-state index in [-0.39, 0.29) is 0 Å². The lowest BCUT2D eigenvalue weighted by atomic mass is 9.98. The third-order valence-electron chi connectivity index (χ3n) is 6.40. The topological polar surface area (TPSA) is 46.6 Å². The molecule has 0 spiro atoms. The van der Waals surface area contributed by atoms with E-state index >= 15 is 0 Å². The second-order valence-electron chi connectivity index (χ2n) is 8.05. The molecule has 1 aromatic heterocycles. The molecule has 2 aliphatic rings. The summed E-state index contributed by atoms with van der Waals surface area (Å²) in [5.74, 6) is 1.52. The normalized spacial score (nSPS) is 18.5. The van der Waals surface area contributed by atoms with Crippen LogP contribution in [0.1, 0.15) is 50.3 Å².